The predicted octanol–water partition coefficient (Wildman–Crippen LogP) is 1.67. The molecule has 0 N–H and O–H groups in total. The van der Waals surface area contributed by atoms with Crippen molar-refractivity contribution in [2.75, 3.05) is 52.8 Å². The van der Waals surface area contributed by atoms with Crippen LogP contribution in [0.15, 0.2) is 0 Å². The average molecular weight is 314 g/mol. The van der Waals surface area contributed by atoms with Crippen LogP contribution in [0.4, 0.5) is 4.79 Å². The quantitative estimate of drug-likeness (QED) is 0.795. The van der Waals surface area contributed by atoms with Crippen molar-refractivity contribution in [1.82, 2.24) is 9.80 Å². The lowest BCUT2D eigenvalue weighted by atomic mass is 9.93. The van der Waals surface area contributed by atoms with Crippen LogP contribution in [0.25, 0.3) is 0 Å². The highest BCUT2D eigenvalue weighted by Crippen LogP contribution is 2.46. The number of hydrogen-bond acceptors (Lipinski definition) is 4. The van der Waals surface area contributed by atoms with E-state index < -0.39 is 0 Å². The molecule has 3 aliphatic heterocycles. The monoisotopic (exact) mass is 314 g/mol. The van der Waals surface area contributed by atoms with Gasteiger partial charge in [0.1, 0.15) is 0 Å². The van der Waals surface area contributed by atoms with Crippen LogP contribution in [-0.2, 0) is 9.47 Å². The zero-order valence-electron chi connectivity index (χ0n) is 13.0. The molecule has 0 aromatic rings. The van der Waals surface area contributed by atoms with Gasteiger partial charge in [-0.15, -0.1) is 11.8 Å². The van der Waals surface area contributed by atoms with Crippen LogP contribution in [0.1, 0.15) is 19.3 Å². The Labute approximate surface area is 131 Å². The molecular weight excluding hydrogens is 288 g/mol. The van der Waals surface area contributed by atoms with E-state index in [4.69, 9.17) is 9.47 Å². The molecular formula is C15H26N2O3S. The van der Waals surface area contributed by atoms with E-state index in [9.17, 15) is 4.79 Å². The molecule has 3 heterocycles. The lowest BCUT2D eigenvalue weighted by Gasteiger charge is -2.48. The van der Waals surface area contributed by atoms with Crippen molar-refractivity contribution in [3.63, 3.8) is 0 Å². The average Bonchev–Trinajstić information content (AvgIpc) is 2.88. The second-order valence-corrected chi connectivity index (χ2v) is 8.23. The molecule has 3 rings (SSSR count). The molecule has 3 fully saturated rings. The fraction of sp³-hybridized carbons (Fsp3) is 0.933. The van der Waals surface area contributed by atoms with E-state index in [1.54, 1.807) is 4.90 Å². The van der Waals surface area contributed by atoms with E-state index in [1.807, 2.05) is 30.8 Å². The predicted molar refractivity (Wildman–Crippen MR) is 83.7 cm³/mol. The number of amides is 2. The van der Waals surface area contributed by atoms with E-state index in [-0.39, 0.29) is 10.8 Å². The van der Waals surface area contributed by atoms with E-state index in [1.165, 1.54) is 0 Å². The van der Waals surface area contributed by atoms with E-state index in [0.717, 1.165) is 57.9 Å². The van der Waals surface area contributed by atoms with Gasteiger partial charge in [0.25, 0.3) is 0 Å². The molecule has 3 saturated heterocycles. The van der Waals surface area contributed by atoms with E-state index in [0.29, 0.717) is 12.0 Å². The van der Waals surface area contributed by atoms with E-state index in [2.05, 4.69) is 0 Å². The summed E-state index contributed by atoms with van der Waals surface area (Å²) in [6, 6.07) is 0.132. The first-order valence-electron chi connectivity index (χ1n) is 7.87. The maximum Gasteiger partial charge on any atom is 0.319 e. The molecule has 0 saturated carbocycles. The Bertz CT molecular complexity index is 379. The van der Waals surface area contributed by atoms with Crippen LogP contribution < -0.4 is 0 Å². The SMILES string of the molecule is CN(C)C(=O)N1CC2(C[C@@H](OCC3CCOCC3)CS2)C1. The summed E-state index contributed by atoms with van der Waals surface area (Å²) in [5.74, 6) is 1.75. The maximum atomic E-state index is 11.9. The summed E-state index contributed by atoms with van der Waals surface area (Å²) >= 11 is 2.00. The Morgan fingerprint density at radius 3 is 2.76 bits per heavy atom. The number of likely N-dealkylation sites (tertiary alicyclic amines) is 1. The minimum absolute atomic E-state index is 0.132. The van der Waals surface area contributed by atoms with Gasteiger partial charge in [0.05, 0.1) is 10.9 Å². The highest BCUT2D eigenvalue weighted by Gasteiger charge is 2.51. The molecule has 2 amide bonds. The van der Waals surface area contributed by atoms with Gasteiger partial charge < -0.3 is 19.3 Å². The normalized spacial score (nSPS) is 28.7. The minimum Gasteiger partial charge on any atom is -0.381 e. The third-order valence-corrected chi connectivity index (χ3v) is 6.27. The molecule has 0 radical (unpaired) electrons. The second kappa shape index (κ2) is 6.34. The van der Waals surface area contributed by atoms with Crippen LogP contribution in [0.3, 0.4) is 0 Å². The zero-order chi connectivity index (χ0) is 14.9. The van der Waals surface area contributed by atoms with Crippen molar-refractivity contribution in [3.05, 3.63) is 0 Å². The Hall–Kier alpha value is -0.460. The Balaban J connectivity index is 1.39. The summed E-state index contributed by atoms with van der Waals surface area (Å²) in [5.41, 5.74) is 0. The molecule has 120 valence electrons. The number of hydrogen-bond donors (Lipinski definition) is 0. The van der Waals surface area contributed by atoms with Crippen molar-refractivity contribution in [2.24, 2.45) is 5.92 Å². The maximum absolute atomic E-state index is 11.9. The third kappa shape index (κ3) is 3.48. The van der Waals surface area contributed by atoms with Crippen LogP contribution in [-0.4, -0.2) is 79.4 Å². The molecule has 0 unspecified atom stereocenters. The summed E-state index contributed by atoms with van der Waals surface area (Å²) in [4.78, 5) is 15.5. The van der Waals surface area contributed by atoms with Crippen LogP contribution >= 0.6 is 11.8 Å². The molecule has 0 aromatic heterocycles. The number of urea groups is 1. The van der Waals surface area contributed by atoms with Crippen LogP contribution in [0, 0.1) is 5.92 Å². The fourth-order valence-electron chi connectivity index (χ4n) is 3.38. The summed E-state index contributed by atoms with van der Waals surface area (Å²) in [6.07, 6.45) is 3.74. The molecule has 6 heteroatoms. The van der Waals surface area contributed by atoms with Gasteiger partial charge in [0.15, 0.2) is 0 Å². The molecule has 1 spiro atoms. The van der Waals surface area contributed by atoms with Crippen molar-refractivity contribution in [3.8, 4) is 0 Å². The van der Waals surface area contributed by atoms with Gasteiger partial charge in [0.2, 0.25) is 0 Å². The second-order valence-electron chi connectivity index (χ2n) is 6.74. The van der Waals surface area contributed by atoms with Gasteiger partial charge in [-0.05, 0) is 25.2 Å². The van der Waals surface area contributed by atoms with Gasteiger partial charge in [-0.1, -0.05) is 0 Å². The summed E-state index contributed by atoms with van der Waals surface area (Å²) in [6.45, 7) is 4.42. The van der Waals surface area contributed by atoms with Crippen molar-refractivity contribution in [1.29, 1.82) is 0 Å². The Morgan fingerprint density at radius 2 is 2.10 bits per heavy atom. The van der Waals surface area contributed by atoms with Crippen LogP contribution in [0.5, 0.6) is 0 Å². The lowest BCUT2D eigenvalue weighted by molar-refractivity contribution is -0.0111. The van der Waals surface area contributed by atoms with Gasteiger partial charge in [-0.25, -0.2) is 4.79 Å². The standard InChI is InChI=1S/C15H26N2O3S/c1-16(2)14(18)17-10-15(11-17)7-13(9-21-15)20-8-12-3-5-19-6-4-12/h12-13H,3-11H2,1-2H3/t13-/m1/s1. The number of carbonyl (C=O) groups excluding carboxylic acids is 1. The first-order valence-corrected chi connectivity index (χ1v) is 8.86. The number of ether oxygens (including phenoxy) is 2. The molecule has 21 heavy (non-hydrogen) atoms. The zero-order valence-corrected chi connectivity index (χ0v) is 13.9. The molecule has 0 bridgehead atoms. The first-order chi connectivity index (χ1) is 10.1. The van der Waals surface area contributed by atoms with Crippen molar-refractivity contribution >= 4 is 17.8 Å². The largest absolute Gasteiger partial charge is 0.381 e. The summed E-state index contributed by atoms with van der Waals surface area (Å²) in [5, 5.41) is 0. The van der Waals surface area contributed by atoms with Gasteiger partial charge in [-0.2, -0.15) is 0 Å². The van der Waals surface area contributed by atoms with Crippen molar-refractivity contribution in [2.45, 2.75) is 30.1 Å². The van der Waals surface area contributed by atoms with Crippen molar-refractivity contribution < 1.29 is 14.3 Å². The highest BCUT2D eigenvalue weighted by atomic mass is 32.2. The Kier molecular flexibility index (Phi) is 4.66. The smallest absolute Gasteiger partial charge is 0.319 e. The van der Waals surface area contributed by atoms with Crippen LogP contribution in [0.2, 0.25) is 0 Å². The lowest BCUT2D eigenvalue weighted by Crippen LogP contribution is -2.62. The molecule has 5 nitrogen and oxygen atoms in total. The van der Waals surface area contributed by atoms with E-state index >= 15 is 0 Å². The summed E-state index contributed by atoms with van der Waals surface area (Å²) < 4.78 is 11.8. The topological polar surface area (TPSA) is 42.0 Å². The number of nitrogens with zero attached hydrogens (tertiary/aromatic N) is 2. The molecule has 0 aromatic carbocycles. The minimum atomic E-state index is 0.132. The fourth-order valence-corrected chi connectivity index (χ4v) is 4.93. The highest BCUT2D eigenvalue weighted by molar-refractivity contribution is 8.01. The Morgan fingerprint density at radius 1 is 1.38 bits per heavy atom. The first kappa shape index (κ1) is 15.4. The van der Waals surface area contributed by atoms with Gasteiger partial charge in [-0.3, -0.25) is 0 Å². The summed E-state index contributed by atoms with van der Waals surface area (Å²) in [7, 11) is 3.63. The molecule has 3 aliphatic rings. The van der Waals surface area contributed by atoms with Gasteiger partial charge >= 0.3 is 6.03 Å². The third-order valence-electron chi connectivity index (χ3n) is 4.69. The van der Waals surface area contributed by atoms with Gasteiger partial charge in [0, 0.05) is 52.8 Å². The number of carbonyl (C=O) groups is 1. The molecule has 0 aliphatic carbocycles. The number of thioether (sulfide) groups is 1. The number of rotatable bonds is 3. The molecule has 1 atom stereocenters.